The zero-order valence-electron chi connectivity index (χ0n) is 10.6. The van der Waals surface area contributed by atoms with E-state index in [0.717, 1.165) is 25.9 Å². The molecule has 3 rings (SSSR count). The number of hydrogen-bond donors (Lipinski definition) is 1. The van der Waals surface area contributed by atoms with Gasteiger partial charge in [-0.3, -0.25) is 4.90 Å². The van der Waals surface area contributed by atoms with Gasteiger partial charge in [0, 0.05) is 5.56 Å². The molecule has 1 fully saturated rings. The Morgan fingerprint density at radius 3 is 2.74 bits per heavy atom. The highest BCUT2D eigenvalue weighted by Gasteiger charge is 2.36. The van der Waals surface area contributed by atoms with Gasteiger partial charge >= 0.3 is 0 Å². The molecule has 1 saturated heterocycles. The Kier molecular flexibility index (Phi) is 3.65. The number of rotatable bonds is 1. The Bertz CT molecular complexity index is 477. The van der Waals surface area contributed by atoms with Crippen molar-refractivity contribution in [1.82, 2.24) is 4.90 Å². The second-order valence-corrected chi connectivity index (χ2v) is 5.63. The molecule has 0 saturated carbocycles. The van der Waals surface area contributed by atoms with Crippen molar-refractivity contribution in [2.45, 2.75) is 31.4 Å². The van der Waals surface area contributed by atoms with Gasteiger partial charge in [-0.05, 0) is 38.1 Å². The van der Waals surface area contributed by atoms with Crippen LogP contribution >= 0.6 is 11.6 Å². The summed E-state index contributed by atoms with van der Waals surface area (Å²) in [4.78, 5) is 2.21. The van der Waals surface area contributed by atoms with Gasteiger partial charge in [0.15, 0.2) is 0 Å². The molecule has 19 heavy (non-hydrogen) atoms. The van der Waals surface area contributed by atoms with E-state index in [1.165, 1.54) is 18.6 Å². The molecule has 2 atom stereocenters. The van der Waals surface area contributed by atoms with Gasteiger partial charge in [-0.15, -0.1) is 0 Å². The van der Waals surface area contributed by atoms with Crippen molar-refractivity contribution in [3.63, 3.8) is 0 Å². The predicted octanol–water partition coefficient (Wildman–Crippen LogP) is 2.76. The van der Waals surface area contributed by atoms with Crippen LogP contribution < -0.4 is 4.74 Å². The Labute approximate surface area is 116 Å². The molecule has 5 heteroatoms. The molecule has 0 amide bonds. The molecule has 1 N–H and O–H groups in total. The molecule has 2 heterocycles. The predicted molar refractivity (Wildman–Crippen MR) is 71.1 cm³/mol. The van der Waals surface area contributed by atoms with Crippen LogP contribution in [0.5, 0.6) is 5.75 Å². The van der Waals surface area contributed by atoms with Crippen molar-refractivity contribution >= 4 is 11.6 Å². The van der Waals surface area contributed by atoms with Gasteiger partial charge in [-0.25, -0.2) is 4.39 Å². The first kappa shape index (κ1) is 13.2. The highest BCUT2D eigenvalue weighted by Crippen LogP contribution is 2.41. The lowest BCUT2D eigenvalue weighted by molar-refractivity contribution is -0.00688. The van der Waals surface area contributed by atoms with E-state index in [9.17, 15) is 9.50 Å². The van der Waals surface area contributed by atoms with Gasteiger partial charge < -0.3 is 9.84 Å². The highest BCUT2D eigenvalue weighted by molar-refractivity contribution is 6.32. The molecule has 1 aromatic rings. The maximum atomic E-state index is 13.6. The lowest BCUT2D eigenvalue weighted by Crippen LogP contribution is -2.44. The second kappa shape index (κ2) is 5.27. The molecule has 2 aliphatic heterocycles. The number of benzene rings is 1. The van der Waals surface area contributed by atoms with E-state index in [2.05, 4.69) is 4.90 Å². The highest BCUT2D eigenvalue weighted by atomic mass is 35.5. The van der Waals surface area contributed by atoms with Crippen LogP contribution in [0.3, 0.4) is 0 Å². The summed E-state index contributed by atoms with van der Waals surface area (Å²) in [6, 6.07) is 2.48. The maximum Gasteiger partial charge on any atom is 0.143 e. The number of aliphatic hydroxyl groups excluding tert-OH is 1. The normalized spacial score (nSPS) is 27.7. The fraction of sp³-hybridized carbons (Fsp3) is 0.571. The third kappa shape index (κ3) is 2.45. The molecular weight excluding hydrogens is 269 g/mol. The summed E-state index contributed by atoms with van der Waals surface area (Å²) >= 11 is 6.03. The average molecular weight is 286 g/mol. The molecule has 0 spiro atoms. The fourth-order valence-electron chi connectivity index (χ4n) is 3.06. The number of nitrogens with zero attached hydrogens (tertiary/aromatic N) is 1. The summed E-state index contributed by atoms with van der Waals surface area (Å²) in [5.74, 6) is 0.132. The first-order chi connectivity index (χ1) is 9.16. The van der Waals surface area contributed by atoms with Crippen LogP contribution in [0.15, 0.2) is 12.1 Å². The van der Waals surface area contributed by atoms with Crippen molar-refractivity contribution in [2.75, 3.05) is 19.7 Å². The SMILES string of the molecule is OC1COc2c(Cl)cc(F)cc2C1N1CCCCC1. The van der Waals surface area contributed by atoms with Gasteiger partial charge in [-0.1, -0.05) is 18.0 Å². The molecule has 3 nitrogen and oxygen atoms in total. The van der Waals surface area contributed by atoms with E-state index >= 15 is 0 Å². The van der Waals surface area contributed by atoms with Crippen LogP contribution in [0.2, 0.25) is 5.02 Å². The van der Waals surface area contributed by atoms with E-state index < -0.39 is 6.10 Å². The number of aliphatic hydroxyl groups is 1. The number of hydrogen-bond acceptors (Lipinski definition) is 3. The third-order valence-corrected chi connectivity index (χ3v) is 4.18. The zero-order chi connectivity index (χ0) is 13.4. The average Bonchev–Trinajstić information content (AvgIpc) is 2.39. The van der Waals surface area contributed by atoms with Gasteiger partial charge in [0.2, 0.25) is 0 Å². The second-order valence-electron chi connectivity index (χ2n) is 5.23. The maximum absolute atomic E-state index is 13.6. The number of likely N-dealkylation sites (tertiary alicyclic amines) is 1. The molecule has 104 valence electrons. The van der Waals surface area contributed by atoms with Crippen LogP contribution in [0, 0.1) is 5.82 Å². The van der Waals surface area contributed by atoms with E-state index in [0.29, 0.717) is 11.3 Å². The van der Waals surface area contributed by atoms with Crippen LogP contribution in [-0.2, 0) is 0 Å². The van der Waals surface area contributed by atoms with Crippen molar-refractivity contribution in [2.24, 2.45) is 0 Å². The van der Waals surface area contributed by atoms with Gasteiger partial charge in [0.05, 0.1) is 11.1 Å². The summed E-state index contributed by atoms with van der Waals surface area (Å²) in [6.45, 7) is 2.06. The Morgan fingerprint density at radius 1 is 1.26 bits per heavy atom. The number of piperidine rings is 1. The van der Waals surface area contributed by atoms with Crippen molar-refractivity contribution in [3.8, 4) is 5.75 Å². The first-order valence-electron chi connectivity index (χ1n) is 6.70. The fourth-order valence-corrected chi connectivity index (χ4v) is 3.32. The Hall–Kier alpha value is -0.840. The van der Waals surface area contributed by atoms with E-state index in [4.69, 9.17) is 16.3 Å². The summed E-state index contributed by atoms with van der Waals surface area (Å²) in [6.07, 6.45) is 2.81. The molecular formula is C14H17ClFNO2. The van der Waals surface area contributed by atoms with Gasteiger partial charge in [-0.2, -0.15) is 0 Å². The monoisotopic (exact) mass is 285 g/mol. The van der Waals surface area contributed by atoms with Crippen LogP contribution in [-0.4, -0.2) is 35.8 Å². The number of halogens is 2. The minimum Gasteiger partial charge on any atom is -0.489 e. The summed E-state index contributed by atoms with van der Waals surface area (Å²) in [5, 5.41) is 10.5. The Morgan fingerprint density at radius 2 is 2.00 bits per heavy atom. The van der Waals surface area contributed by atoms with Gasteiger partial charge in [0.25, 0.3) is 0 Å². The smallest absolute Gasteiger partial charge is 0.143 e. The molecule has 0 aromatic heterocycles. The molecule has 1 aromatic carbocycles. The lowest BCUT2D eigenvalue weighted by Gasteiger charge is -2.40. The first-order valence-corrected chi connectivity index (χ1v) is 7.08. The van der Waals surface area contributed by atoms with E-state index in [-0.39, 0.29) is 23.5 Å². The van der Waals surface area contributed by atoms with Gasteiger partial charge in [0.1, 0.15) is 24.3 Å². The zero-order valence-corrected chi connectivity index (χ0v) is 11.4. The summed E-state index contributed by atoms with van der Waals surface area (Å²) in [7, 11) is 0. The number of fused-ring (bicyclic) bond motifs is 1. The minimum atomic E-state index is -0.636. The van der Waals surface area contributed by atoms with Crippen molar-refractivity contribution in [3.05, 3.63) is 28.5 Å². The third-order valence-electron chi connectivity index (χ3n) is 3.90. The van der Waals surface area contributed by atoms with Crippen molar-refractivity contribution < 1.29 is 14.2 Å². The van der Waals surface area contributed by atoms with E-state index in [1.807, 2.05) is 0 Å². The lowest BCUT2D eigenvalue weighted by atomic mass is 9.94. The van der Waals surface area contributed by atoms with Crippen LogP contribution in [0.25, 0.3) is 0 Å². The standard InChI is InChI=1S/C14H17ClFNO2/c15-11-7-9(16)6-10-13(12(18)8-19-14(10)11)17-4-2-1-3-5-17/h6-7,12-13,18H,1-5,8H2. The van der Waals surface area contributed by atoms with Crippen LogP contribution in [0.4, 0.5) is 4.39 Å². The quantitative estimate of drug-likeness (QED) is 0.861. The molecule has 0 radical (unpaired) electrons. The largest absolute Gasteiger partial charge is 0.489 e. The minimum absolute atomic E-state index is 0.208. The summed E-state index contributed by atoms with van der Waals surface area (Å²) in [5.41, 5.74) is 0.672. The Balaban J connectivity index is 2.00. The van der Waals surface area contributed by atoms with E-state index in [1.54, 1.807) is 0 Å². The van der Waals surface area contributed by atoms with Crippen LogP contribution in [0.1, 0.15) is 30.9 Å². The molecule has 0 bridgehead atoms. The number of ether oxygens (including phenoxy) is 1. The topological polar surface area (TPSA) is 32.7 Å². The van der Waals surface area contributed by atoms with Crippen molar-refractivity contribution in [1.29, 1.82) is 0 Å². The molecule has 2 aliphatic rings. The molecule has 2 unspecified atom stereocenters. The summed E-state index contributed by atoms with van der Waals surface area (Å²) < 4.78 is 19.1. The molecule has 0 aliphatic carbocycles.